The lowest BCUT2D eigenvalue weighted by Crippen LogP contribution is -2.52. The smallest absolute Gasteiger partial charge is 0.255 e. The van der Waals surface area contributed by atoms with Crippen LogP contribution < -0.4 is 0 Å². The maximum absolute atomic E-state index is 13.0. The minimum absolute atomic E-state index is 0.127. The van der Waals surface area contributed by atoms with Gasteiger partial charge in [0.25, 0.3) is 5.89 Å². The fraction of sp³-hybridized carbons (Fsp3) is 0.812. The van der Waals surface area contributed by atoms with Crippen molar-refractivity contribution in [3.63, 3.8) is 0 Å². The van der Waals surface area contributed by atoms with Crippen LogP contribution >= 0.6 is 0 Å². The number of hydrogen-bond donors (Lipinski definition) is 0. The van der Waals surface area contributed by atoms with E-state index in [9.17, 15) is 13.6 Å². The Morgan fingerprint density at radius 2 is 1.96 bits per heavy atom. The molecule has 3 aliphatic rings. The molecule has 1 unspecified atom stereocenters. The summed E-state index contributed by atoms with van der Waals surface area (Å²) in [5.74, 6) is -2.18. The molecule has 1 aromatic heterocycles. The van der Waals surface area contributed by atoms with Gasteiger partial charge in [0.15, 0.2) is 5.82 Å². The number of rotatable bonds is 2. The molecule has 1 spiro atoms. The van der Waals surface area contributed by atoms with E-state index in [0.29, 0.717) is 24.8 Å². The fourth-order valence-electron chi connectivity index (χ4n) is 4.03. The molecule has 6 nitrogen and oxygen atoms in total. The average molecular weight is 341 g/mol. The highest BCUT2D eigenvalue weighted by Crippen LogP contribution is 2.46. The van der Waals surface area contributed by atoms with E-state index in [-0.39, 0.29) is 30.5 Å². The van der Waals surface area contributed by atoms with Crippen molar-refractivity contribution in [2.75, 3.05) is 13.1 Å². The van der Waals surface area contributed by atoms with Gasteiger partial charge in [-0.2, -0.15) is 4.98 Å². The van der Waals surface area contributed by atoms with E-state index in [2.05, 4.69) is 10.1 Å². The molecule has 8 heteroatoms. The van der Waals surface area contributed by atoms with Crippen molar-refractivity contribution in [2.24, 2.45) is 5.92 Å². The van der Waals surface area contributed by atoms with Crippen LogP contribution in [-0.4, -0.2) is 45.6 Å². The van der Waals surface area contributed by atoms with Gasteiger partial charge in [0.05, 0.1) is 5.60 Å². The number of ether oxygens (including phenoxy) is 1. The highest BCUT2D eigenvalue weighted by atomic mass is 19.3. The van der Waals surface area contributed by atoms with E-state index >= 15 is 0 Å². The molecule has 24 heavy (non-hydrogen) atoms. The molecule has 2 aliphatic heterocycles. The average Bonchev–Trinajstić information content (AvgIpc) is 3.12. The molecule has 2 saturated heterocycles. The Morgan fingerprint density at radius 3 is 2.54 bits per heavy atom. The number of aryl methyl sites for hydroxylation is 1. The summed E-state index contributed by atoms with van der Waals surface area (Å²) in [7, 11) is 0. The molecule has 0 aromatic carbocycles. The van der Waals surface area contributed by atoms with Gasteiger partial charge in [-0.25, -0.2) is 8.78 Å². The molecule has 0 radical (unpaired) electrons. The number of halogens is 2. The van der Waals surface area contributed by atoms with Crippen LogP contribution in [0.1, 0.15) is 56.3 Å². The predicted octanol–water partition coefficient (Wildman–Crippen LogP) is 2.64. The maximum Gasteiger partial charge on any atom is 0.255 e. The SMILES string of the molecule is Cc1noc(C2CCC3(CCN(C(=O)C4CC(F)(F)C4)CC3)O2)n1. The summed E-state index contributed by atoms with van der Waals surface area (Å²) in [6, 6.07) is 0. The topological polar surface area (TPSA) is 68.5 Å². The number of likely N-dealkylation sites (tertiary alicyclic amines) is 1. The van der Waals surface area contributed by atoms with Gasteiger partial charge in [-0.1, -0.05) is 5.16 Å². The van der Waals surface area contributed by atoms with Crippen molar-refractivity contribution in [3.05, 3.63) is 11.7 Å². The summed E-state index contributed by atoms with van der Waals surface area (Å²) in [5.41, 5.74) is -0.257. The van der Waals surface area contributed by atoms with Gasteiger partial charge >= 0.3 is 0 Å². The molecule has 1 saturated carbocycles. The molecule has 0 N–H and O–H groups in total. The quantitative estimate of drug-likeness (QED) is 0.827. The highest BCUT2D eigenvalue weighted by Gasteiger charge is 2.51. The first-order valence-electron chi connectivity index (χ1n) is 8.51. The molecule has 132 valence electrons. The Kier molecular flexibility index (Phi) is 3.63. The number of nitrogens with zero attached hydrogens (tertiary/aromatic N) is 3. The van der Waals surface area contributed by atoms with Gasteiger partial charge in [0, 0.05) is 31.8 Å². The van der Waals surface area contributed by atoms with Crippen LogP contribution in [0.3, 0.4) is 0 Å². The summed E-state index contributed by atoms with van der Waals surface area (Å²) < 4.78 is 37.3. The molecule has 3 fully saturated rings. The second-order valence-electron chi connectivity index (χ2n) is 7.29. The number of piperidine rings is 1. The molecule has 1 amide bonds. The zero-order valence-corrected chi connectivity index (χ0v) is 13.6. The molecule has 4 rings (SSSR count). The van der Waals surface area contributed by atoms with Crippen LogP contribution in [0.2, 0.25) is 0 Å². The first-order chi connectivity index (χ1) is 11.4. The van der Waals surface area contributed by atoms with Crippen LogP contribution in [0, 0.1) is 12.8 Å². The molecular weight excluding hydrogens is 320 g/mol. The summed E-state index contributed by atoms with van der Waals surface area (Å²) in [5, 5.41) is 3.80. The Labute approximate surface area is 138 Å². The van der Waals surface area contributed by atoms with Crippen LogP contribution in [0.5, 0.6) is 0 Å². The molecule has 3 heterocycles. The van der Waals surface area contributed by atoms with E-state index in [0.717, 1.165) is 25.7 Å². The minimum atomic E-state index is -2.65. The third kappa shape index (κ3) is 2.81. The lowest BCUT2D eigenvalue weighted by Gasteiger charge is -2.42. The number of carbonyl (C=O) groups excluding carboxylic acids is 1. The van der Waals surface area contributed by atoms with Gasteiger partial charge in [0.1, 0.15) is 6.10 Å². The van der Waals surface area contributed by atoms with E-state index in [4.69, 9.17) is 9.26 Å². The number of aromatic nitrogens is 2. The standard InChI is InChI=1S/C16H21F2N3O3/c1-10-19-13(24-20-10)12-2-3-15(23-12)4-6-21(7-5-15)14(22)11-8-16(17,18)9-11/h11-12H,2-9H2,1H3. The van der Waals surface area contributed by atoms with E-state index in [1.807, 2.05) is 0 Å². The van der Waals surface area contributed by atoms with Crippen molar-refractivity contribution in [3.8, 4) is 0 Å². The zero-order valence-electron chi connectivity index (χ0n) is 13.6. The third-order valence-corrected chi connectivity index (χ3v) is 5.50. The largest absolute Gasteiger partial charge is 0.362 e. The van der Waals surface area contributed by atoms with Crippen molar-refractivity contribution in [2.45, 2.75) is 63.1 Å². The normalized spacial score (nSPS) is 29.0. The predicted molar refractivity (Wildman–Crippen MR) is 78.3 cm³/mol. The zero-order chi connectivity index (χ0) is 16.9. The summed E-state index contributed by atoms with van der Waals surface area (Å²) in [4.78, 5) is 18.2. The highest BCUT2D eigenvalue weighted by molar-refractivity contribution is 5.80. The van der Waals surface area contributed by atoms with Gasteiger partial charge in [-0.05, 0) is 32.6 Å². The summed E-state index contributed by atoms with van der Waals surface area (Å²) in [6.45, 7) is 2.90. The monoisotopic (exact) mass is 341 g/mol. The minimum Gasteiger partial charge on any atom is -0.362 e. The van der Waals surface area contributed by atoms with E-state index < -0.39 is 11.8 Å². The summed E-state index contributed by atoms with van der Waals surface area (Å²) >= 11 is 0. The maximum atomic E-state index is 13.0. The first-order valence-corrected chi connectivity index (χ1v) is 8.51. The fourth-order valence-corrected chi connectivity index (χ4v) is 4.03. The second-order valence-corrected chi connectivity index (χ2v) is 7.29. The molecule has 1 atom stereocenters. The van der Waals surface area contributed by atoms with Crippen LogP contribution in [0.15, 0.2) is 4.52 Å². The van der Waals surface area contributed by atoms with Gasteiger partial charge in [-0.3, -0.25) is 4.79 Å². The molecule has 0 bridgehead atoms. The lowest BCUT2D eigenvalue weighted by molar-refractivity contribution is -0.164. The van der Waals surface area contributed by atoms with E-state index in [1.54, 1.807) is 11.8 Å². The van der Waals surface area contributed by atoms with E-state index in [1.165, 1.54) is 0 Å². The third-order valence-electron chi connectivity index (χ3n) is 5.50. The molecular formula is C16H21F2N3O3. The van der Waals surface area contributed by atoms with Gasteiger partial charge in [0.2, 0.25) is 11.8 Å². The summed E-state index contributed by atoms with van der Waals surface area (Å²) in [6.07, 6.45) is 2.38. The number of alkyl halides is 2. The van der Waals surface area contributed by atoms with Gasteiger partial charge < -0.3 is 14.2 Å². The van der Waals surface area contributed by atoms with Crippen LogP contribution in [0.25, 0.3) is 0 Å². The number of carbonyl (C=O) groups is 1. The lowest BCUT2D eigenvalue weighted by atomic mass is 9.79. The number of hydrogen-bond acceptors (Lipinski definition) is 5. The molecule has 1 aliphatic carbocycles. The Morgan fingerprint density at radius 1 is 1.25 bits per heavy atom. The first kappa shape index (κ1) is 15.9. The Hall–Kier alpha value is -1.57. The Balaban J connectivity index is 1.32. The van der Waals surface area contributed by atoms with Crippen molar-refractivity contribution >= 4 is 5.91 Å². The van der Waals surface area contributed by atoms with Crippen molar-refractivity contribution in [1.82, 2.24) is 15.0 Å². The second kappa shape index (κ2) is 5.47. The van der Waals surface area contributed by atoms with Crippen LogP contribution in [-0.2, 0) is 9.53 Å². The van der Waals surface area contributed by atoms with Crippen molar-refractivity contribution < 1.29 is 22.8 Å². The van der Waals surface area contributed by atoms with Crippen LogP contribution in [0.4, 0.5) is 8.78 Å². The molecule has 1 aromatic rings. The van der Waals surface area contributed by atoms with Crippen molar-refractivity contribution in [1.29, 1.82) is 0 Å². The van der Waals surface area contributed by atoms with Gasteiger partial charge in [-0.15, -0.1) is 0 Å². The Bertz CT molecular complexity index is 632. The number of amides is 1.